The van der Waals surface area contributed by atoms with Gasteiger partial charge in [0, 0.05) is 10.6 Å². The van der Waals surface area contributed by atoms with E-state index in [9.17, 15) is 9.59 Å². The van der Waals surface area contributed by atoms with Crippen molar-refractivity contribution >= 4 is 29.3 Å². The summed E-state index contributed by atoms with van der Waals surface area (Å²) in [6, 6.07) is 4.75. The fourth-order valence-corrected chi connectivity index (χ4v) is 2.69. The summed E-state index contributed by atoms with van der Waals surface area (Å²) in [7, 11) is 0. The Bertz CT molecular complexity index is 646. The number of ether oxygens (including phenoxy) is 3. The summed E-state index contributed by atoms with van der Waals surface area (Å²) in [5, 5.41) is 0.427. The number of anilines is 1. The van der Waals surface area contributed by atoms with Crippen molar-refractivity contribution in [2.24, 2.45) is 0 Å². The van der Waals surface area contributed by atoms with Gasteiger partial charge in [-0.05, 0) is 39.0 Å². The summed E-state index contributed by atoms with van der Waals surface area (Å²) < 4.78 is 16.4. The van der Waals surface area contributed by atoms with Gasteiger partial charge >= 0.3 is 12.0 Å². The Balaban J connectivity index is 2.07. The van der Waals surface area contributed by atoms with Crippen molar-refractivity contribution < 1.29 is 23.8 Å². The molecule has 1 spiro atoms. The highest BCUT2D eigenvalue weighted by Crippen LogP contribution is 2.47. The van der Waals surface area contributed by atoms with Gasteiger partial charge < -0.3 is 14.2 Å². The zero-order valence-corrected chi connectivity index (χ0v) is 13.3. The summed E-state index contributed by atoms with van der Waals surface area (Å²) in [6.07, 6.45) is -0.767. The molecular formula is C15H16ClNO5. The van der Waals surface area contributed by atoms with Crippen molar-refractivity contribution in [3.63, 3.8) is 0 Å². The maximum atomic E-state index is 12.8. The van der Waals surface area contributed by atoms with Crippen LogP contribution in [0.25, 0.3) is 0 Å². The topological polar surface area (TPSA) is 65.1 Å². The summed E-state index contributed by atoms with van der Waals surface area (Å²) in [4.78, 5) is 26.1. The number of nitrogens with zero attached hydrogens (tertiary/aromatic N) is 1. The molecule has 1 fully saturated rings. The fraction of sp³-hybridized carbons (Fsp3) is 0.467. The van der Waals surface area contributed by atoms with Crippen molar-refractivity contribution in [2.75, 3.05) is 18.1 Å². The van der Waals surface area contributed by atoms with Gasteiger partial charge in [0.05, 0.1) is 18.9 Å². The van der Waals surface area contributed by atoms with Crippen LogP contribution in [-0.2, 0) is 24.8 Å². The monoisotopic (exact) mass is 325 g/mol. The Hall–Kier alpha value is -1.63. The summed E-state index contributed by atoms with van der Waals surface area (Å²) >= 11 is 6.01. The van der Waals surface area contributed by atoms with Gasteiger partial charge in [0.25, 0.3) is 5.79 Å². The molecule has 22 heavy (non-hydrogen) atoms. The van der Waals surface area contributed by atoms with E-state index in [0.29, 0.717) is 16.3 Å². The highest BCUT2D eigenvalue weighted by atomic mass is 35.5. The molecule has 0 N–H and O–H groups in total. The fourth-order valence-electron chi connectivity index (χ4n) is 2.52. The van der Waals surface area contributed by atoms with E-state index < -0.39 is 23.4 Å². The van der Waals surface area contributed by atoms with Crippen LogP contribution in [0, 0.1) is 0 Å². The Labute approximate surface area is 132 Å². The van der Waals surface area contributed by atoms with Gasteiger partial charge in [-0.25, -0.2) is 9.69 Å². The molecule has 1 saturated heterocycles. The van der Waals surface area contributed by atoms with Crippen LogP contribution in [0.5, 0.6) is 0 Å². The Morgan fingerprint density at radius 1 is 1.32 bits per heavy atom. The first-order valence-corrected chi connectivity index (χ1v) is 7.28. The van der Waals surface area contributed by atoms with Crippen LogP contribution in [0.1, 0.15) is 26.3 Å². The average molecular weight is 326 g/mol. The normalized spacial score (nSPS) is 19.6. The number of rotatable bonds is 0. The first kappa shape index (κ1) is 15.3. The van der Waals surface area contributed by atoms with Gasteiger partial charge in [-0.3, -0.25) is 4.79 Å². The number of hydrogen-bond donors (Lipinski definition) is 0. The lowest BCUT2D eigenvalue weighted by Crippen LogP contribution is -2.45. The molecule has 7 heteroatoms. The molecule has 0 radical (unpaired) electrons. The molecule has 6 nitrogen and oxygen atoms in total. The zero-order valence-electron chi connectivity index (χ0n) is 12.5. The molecule has 0 saturated carbocycles. The Morgan fingerprint density at radius 3 is 2.55 bits per heavy atom. The van der Waals surface area contributed by atoms with Gasteiger partial charge in [-0.15, -0.1) is 0 Å². The van der Waals surface area contributed by atoms with E-state index >= 15 is 0 Å². The number of carbonyl (C=O) groups excluding carboxylic acids is 2. The molecule has 0 aromatic heterocycles. The molecule has 1 aromatic carbocycles. The molecule has 1 aromatic rings. The molecule has 0 unspecified atom stereocenters. The lowest BCUT2D eigenvalue weighted by molar-refractivity contribution is -0.180. The largest absolute Gasteiger partial charge is 0.443 e. The Morgan fingerprint density at radius 2 is 1.95 bits per heavy atom. The number of amides is 2. The van der Waals surface area contributed by atoms with Gasteiger partial charge in [-0.1, -0.05) is 11.6 Å². The standard InChI is InChI=1S/C15H16ClNO5/c1-14(2,3)22-13(19)17-11-5-4-9(16)8-10(11)15(12(17)18)20-6-7-21-15/h4-5,8H,6-7H2,1-3H3. The van der Waals surface area contributed by atoms with Crippen LogP contribution >= 0.6 is 11.6 Å². The molecule has 2 heterocycles. The SMILES string of the molecule is CC(C)(C)OC(=O)N1C(=O)C2(OCCO2)c2cc(Cl)ccc21. The first-order chi connectivity index (χ1) is 10.2. The third kappa shape index (κ3) is 2.27. The molecule has 0 bridgehead atoms. The number of imide groups is 1. The number of fused-ring (bicyclic) bond motifs is 2. The van der Waals surface area contributed by atoms with E-state index in [1.165, 1.54) is 0 Å². The minimum absolute atomic E-state index is 0.264. The van der Waals surface area contributed by atoms with Crippen molar-refractivity contribution in [2.45, 2.75) is 32.2 Å². The van der Waals surface area contributed by atoms with Crippen molar-refractivity contribution in [3.05, 3.63) is 28.8 Å². The molecular weight excluding hydrogens is 310 g/mol. The van der Waals surface area contributed by atoms with Gasteiger partial charge in [0.2, 0.25) is 0 Å². The molecule has 118 valence electrons. The summed E-state index contributed by atoms with van der Waals surface area (Å²) in [5.41, 5.74) is 0.0656. The van der Waals surface area contributed by atoms with Crippen LogP contribution in [0.15, 0.2) is 18.2 Å². The lowest BCUT2D eigenvalue weighted by atomic mass is 10.1. The molecule has 2 aliphatic heterocycles. The van der Waals surface area contributed by atoms with Crippen LogP contribution in [0.2, 0.25) is 5.02 Å². The number of halogens is 1. The quantitative estimate of drug-likeness (QED) is 0.734. The van der Waals surface area contributed by atoms with Crippen LogP contribution in [0.4, 0.5) is 10.5 Å². The molecule has 0 aliphatic carbocycles. The van der Waals surface area contributed by atoms with E-state index in [0.717, 1.165) is 4.90 Å². The molecule has 0 atom stereocenters. The van der Waals surface area contributed by atoms with E-state index in [2.05, 4.69) is 0 Å². The predicted octanol–water partition coefficient (Wildman–Crippen LogP) is 2.82. The Kier molecular flexibility index (Phi) is 3.43. The van der Waals surface area contributed by atoms with Crippen molar-refractivity contribution in [3.8, 4) is 0 Å². The second-order valence-corrected chi connectivity index (χ2v) is 6.53. The number of carbonyl (C=O) groups is 2. The number of benzene rings is 1. The maximum absolute atomic E-state index is 12.8. The van der Waals surface area contributed by atoms with Crippen molar-refractivity contribution in [1.82, 2.24) is 0 Å². The van der Waals surface area contributed by atoms with E-state index in [4.69, 9.17) is 25.8 Å². The summed E-state index contributed by atoms with van der Waals surface area (Å²) in [6.45, 7) is 5.71. The van der Waals surface area contributed by atoms with Crippen LogP contribution in [-0.4, -0.2) is 30.8 Å². The van der Waals surface area contributed by atoms with E-state index in [1.807, 2.05) is 0 Å². The second-order valence-electron chi connectivity index (χ2n) is 6.10. The number of hydrogen-bond acceptors (Lipinski definition) is 5. The van der Waals surface area contributed by atoms with E-state index in [1.54, 1.807) is 39.0 Å². The average Bonchev–Trinajstić information content (AvgIpc) is 2.96. The minimum atomic E-state index is -1.60. The highest BCUT2D eigenvalue weighted by molar-refractivity contribution is 6.31. The van der Waals surface area contributed by atoms with Crippen LogP contribution in [0.3, 0.4) is 0 Å². The molecule has 2 aliphatic rings. The predicted molar refractivity (Wildman–Crippen MR) is 78.8 cm³/mol. The highest BCUT2D eigenvalue weighted by Gasteiger charge is 2.58. The van der Waals surface area contributed by atoms with Gasteiger partial charge in [0.15, 0.2) is 0 Å². The first-order valence-electron chi connectivity index (χ1n) is 6.90. The second kappa shape index (κ2) is 4.94. The third-order valence-electron chi connectivity index (χ3n) is 3.31. The van der Waals surface area contributed by atoms with E-state index in [-0.39, 0.29) is 13.2 Å². The third-order valence-corrected chi connectivity index (χ3v) is 3.54. The maximum Gasteiger partial charge on any atom is 0.421 e. The van der Waals surface area contributed by atoms with Gasteiger partial charge in [0.1, 0.15) is 5.60 Å². The smallest absolute Gasteiger partial charge is 0.421 e. The van der Waals surface area contributed by atoms with Gasteiger partial charge in [-0.2, -0.15) is 0 Å². The zero-order chi connectivity index (χ0) is 16.1. The minimum Gasteiger partial charge on any atom is -0.443 e. The van der Waals surface area contributed by atoms with Crippen LogP contribution < -0.4 is 4.90 Å². The molecule has 3 rings (SSSR count). The van der Waals surface area contributed by atoms with Crippen molar-refractivity contribution in [1.29, 1.82) is 0 Å². The lowest BCUT2D eigenvalue weighted by Gasteiger charge is -2.25. The molecule has 2 amide bonds. The summed E-state index contributed by atoms with van der Waals surface area (Å²) in [5.74, 6) is -2.21.